The fraction of sp³-hybridized carbons (Fsp3) is 0.222. The fourth-order valence-corrected chi connectivity index (χ4v) is 1.48. The minimum absolute atomic E-state index is 0.0833. The Morgan fingerprint density at radius 3 is 2.86 bits per heavy atom. The predicted molar refractivity (Wildman–Crippen MR) is 55.0 cm³/mol. The van der Waals surface area contributed by atoms with Gasteiger partial charge in [-0.2, -0.15) is 0 Å². The van der Waals surface area contributed by atoms with Gasteiger partial charge in [0.05, 0.1) is 6.21 Å². The first-order chi connectivity index (χ1) is 6.65. The Labute approximate surface area is 84.7 Å². The van der Waals surface area contributed by atoms with E-state index < -0.39 is 10.8 Å². The van der Waals surface area contributed by atoms with E-state index in [9.17, 15) is 9.32 Å². The number of aromatic hydroxyl groups is 1. The minimum Gasteiger partial charge on any atom is -0.507 e. The van der Waals surface area contributed by atoms with Crippen LogP contribution in [0.5, 0.6) is 5.75 Å². The highest BCUT2D eigenvalue weighted by atomic mass is 32.2. The van der Waals surface area contributed by atoms with Crippen molar-refractivity contribution in [2.75, 3.05) is 13.4 Å². The van der Waals surface area contributed by atoms with Crippen LogP contribution in [0.3, 0.4) is 0 Å². The van der Waals surface area contributed by atoms with Crippen molar-refractivity contribution in [3.8, 4) is 5.75 Å². The van der Waals surface area contributed by atoms with Crippen molar-refractivity contribution in [3.63, 3.8) is 0 Å². The monoisotopic (exact) mass is 213 g/mol. The van der Waals surface area contributed by atoms with Crippen LogP contribution >= 0.6 is 0 Å². The molecule has 0 aliphatic heterocycles. The zero-order valence-electron chi connectivity index (χ0n) is 7.93. The Morgan fingerprint density at radius 2 is 2.29 bits per heavy atom. The lowest BCUT2D eigenvalue weighted by Crippen LogP contribution is -1.90. The molecule has 0 bridgehead atoms. The molecule has 0 aliphatic carbocycles. The fourth-order valence-electron chi connectivity index (χ4n) is 0.924. The van der Waals surface area contributed by atoms with Crippen LogP contribution in [0.4, 0.5) is 0 Å². The van der Waals surface area contributed by atoms with Gasteiger partial charge in [0.2, 0.25) is 0 Å². The summed E-state index contributed by atoms with van der Waals surface area (Å²) < 4.78 is 11.1. The molecule has 0 heterocycles. The number of benzene rings is 1. The molecule has 0 fully saturated rings. The van der Waals surface area contributed by atoms with Gasteiger partial charge in [-0.25, -0.2) is 0 Å². The molecule has 0 amide bonds. The molecule has 5 heteroatoms. The maximum absolute atomic E-state index is 11.1. The maximum atomic E-state index is 11.1. The van der Waals surface area contributed by atoms with Crippen LogP contribution in [0, 0.1) is 0 Å². The number of phenolic OH excluding ortho intramolecular Hbond substituents is 1. The third-order valence-electron chi connectivity index (χ3n) is 1.63. The van der Waals surface area contributed by atoms with Crippen LogP contribution in [-0.4, -0.2) is 28.9 Å². The largest absolute Gasteiger partial charge is 0.507 e. The molecule has 14 heavy (non-hydrogen) atoms. The molecule has 76 valence electrons. The molecule has 0 radical (unpaired) electrons. The number of hydrogen-bond acceptors (Lipinski definition) is 4. The van der Waals surface area contributed by atoms with Gasteiger partial charge in [-0.1, -0.05) is 5.16 Å². The number of hydrogen-bond donors (Lipinski definition) is 1. The molecule has 0 aliphatic rings. The lowest BCUT2D eigenvalue weighted by atomic mass is 10.2. The molecule has 1 rings (SSSR count). The quantitative estimate of drug-likeness (QED) is 0.604. The number of nitrogens with zero attached hydrogens (tertiary/aromatic N) is 1. The first-order valence-corrected chi connectivity index (χ1v) is 5.44. The zero-order valence-corrected chi connectivity index (χ0v) is 8.75. The van der Waals surface area contributed by atoms with Crippen LogP contribution in [0.25, 0.3) is 0 Å². The van der Waals surface area contributed by atoms with Gasteiger partial charge in [0.25, 0.3) is 0 Å². The SMILES string of the molecule is CO/N=C/c1cc(S(C)=O)ccc1O. The molecule has 0 spiro atoms. The summed E-state index contributed by atoms with van der Waals surface area (Å²) in [6.45, 7) is 0. The molecule has 1 aromatic rings. The molecular weight excluding hydrogens is 202 g/mol. The van der Waals surface area contributed by atoms with Crippen molar-refractivity contribution >= 4 is 17.0 Å². The normalized spacial score (nSPS) is 13.0. The van der Waals surface area contributed by atoms with E-state index in [1.165, 1.54) is 19.4 Å². The summed E-state index contributed by atoms with van der Waals surface area (Å²) in [7, 11) is 0.345. The van der Waals surface area contributed by atoms with Crippen molar-refractivity contribution in [2.45, 2.75) is 4.90 Å². The van der Waals surface area contributed by atoms with E-state index in [0.29, 0.717) is 10.5 Å². The third kappa shape index (κ3) is 2.56. The highest BCUT2D eigenvalue weighted by molar-refractivity contribution is 7.84. The van der Waals surface area contributed by atoms with Gasteiger partial charge in [0.1, 0.15) is 12.9 Å². The highest BCUT2D eigenvalue weighted by Gasteiger charge is 2.02. The van der Waals surface area contributed by atoms with Gasteiger partial charge in [-0.15, -0.1) is 0 Å². The van der Waals surface area contributed by atoms with E-state index in [1.807, 2.05) is 0 Å². The molecule has 0 saturated carbocycles. The molecule has 0 saturated heterocycles. The first kappa shape index (κ1) is 10.7. The predicted octanol–water partition coefficient (Wildman–Crippen LogP) is 1.11. The van der Waals surface area contributed by atoms with E-state index in [4.69, 9.17) is 0 Å². The number of phenols is 1. The maximum Gasteiger partial charge on any atom is 0.124 e. The third-order valence-corrected chi connectivity index (χ3v) is 2.55. The summed E-state index contributed by atoms with van der Waals surface area (Å²) in [5.74, 6) is 0.0833. The van der Waals surface area contributed by atoms with Gasteiger partial charge in [-0.05, 0) is 18.2 Å². The number of rotatable bonds is 3. The first-order valence-electron chi connectivity index (χ1n) is 3.88. The second-order valence-electron chi connectivity index (χ2n) is 2.59. The second-order valence-corrected chi connectivity index (χ2v) is 3.97. The average Bonchev–Trinajstić information content (AvgIpc) is 2.16. The van der Waals surface area contributed by atoms with E-state index in [0.717, 1.165) is 0 Å². The van der Waals surface area contributed by atoms with Crippen molar-refractivity contribution in [1.29, 1.82) is 0 Å². The van der Waals surface area contributed by atoms with E-state index >= 15 is 0 Å². The average molecular weight is 213 g/mol. The second kappa shape index (κ2) is 4.76. The Bertz CT molecular complexity index is 376. The van der Waals surface area contributed by atoms with Gasteiger partial charge < -0.3 is 9.94 Å². The highest BCUT2D eigenvalue weighted by Crippen LogP contribution is 2.18. The standard InChI is InChI=1S/C9H11NO3S/c1-13-10-6-7-5-8(14(2)12)3-4-9(7)11/h3-6,11H,1-2H3/b10-6+. The van der Waals surface area contributed by atoms with Gasteiger partial charge in [-0.3, -0.25) is 4.21 Å². The minimum atomic E-state index is -1.07. The molecule has 1 aromatic carbocycles. The Balaban J connectivity index is 3.08. The van der Waals surface area contributed by atoms with Crippen LogP contribution < -0.4 is 0 Å². The van der Waals surface area contributed by atoms with Crippen molar-refractivity contribution in [2.24, 2.45) is 5.16 Å². The molecule has 4 nitrogen and oxygen atoms in total. The van der Waals surface area contributed by atoms with Crippen LogP contribution in [-0.2, 0) is 15.6 Å². The van der Waals surface area contributed by atoms with Gasteiger partial charge in [0, 0.05) is 27.5 Å². The Hall–Kier alpha value is -1.36. The summed E-state index contributed by atoms with van der Waals surface area (Å²) in [5, 5.41) is 12.9. The molecule has 1 unspecified atom stereocenters. The topological polar surface area (TPSA) is 58.9 Å². The molecule has 0 aromatic heterocycles. The van der Waals surface area contributed by atoms with Crippen LogP contribution in [0.2, 0.25) is 0 Å². The number of oxime groups is 1. The lowest BCUT2D eigenvalue weighted by Gasteiger charge is -2.00. The van der Waals surface area contributed by atoms with Crippen molar-refractivity contribution in [3.05, 3.63) is 23.8 Å². The summed E-state index contributed by atoms with van der Waals surface area (Å²) in [4.78, 5) is 5.12. The van der Waals surface area contributed by atoms with E-state index in [2.05, 4.69) is 9.99 Å². The van der Waals surface area contributed by atoms with Gasteiger partial charge >= 0.3 is 0 Å². The summed E-state index contributed by atoms with van der Waals surface area (Å²) in [6, 6.07) is 4.69. The lowest BCUT2D eigenvalue weighted by molar-refractivity contribution is 0.215. The summed E-state index contributed by atoms with van der Waals surface area (Å²) in [6.07, 6.45) is 2.94. The Kier molecular flexibility index (Phi) is 3.64. The molecule has 1 N–H and O–H groups in total. The Morgan fingerprint density at radius 1 is 1.57 bits per heavy atom. The zero-order chi connectivity index (χ0) is 10.6. The van der Waals surface area contributed by atoms with Crippen molar-refractivity contribution in [1.82, 2.24) is 0 Å². The van der Waals surface area contributed by atoms with Crippen LogP contribution in [0.1, 0.15) is 5.56 Å². The van der Waals surface area contributed by atoms with E-state index in [-0.39, 0.29) is 5.75 Å². The molecular formula is C9H11NO3S. The summed E-state index contributed by atoms with van der Waals surface area (Å²) >= 11 is 0. The van der Waals surface area contributed by atoms with Crippen LogP contribution in [0.15, 0.2) is 28.3 Å². The smallest absolute Gasteiger partial charge is 0.124 e. The summed E-state index contributed by atoms with van der Waals surface area (Å²) in [5.41, 5.74) is 0.486. The van der Waals surface area contributed by atoms with E-state index in [1.54, 1.807) is 18.4 Å². The van der Waals surface area contributed by atoms with Crippen molar-refractivity contribution < 1.29 is 14.2 Å². The molecule has 1 atom stereocenters. The van der Waals surface area contributed by atoms with Gasteiger partial charge in [0.15, 0.2) is 0 Å².